The van der Waals surface area contributed by atoms with E-state index in [9.17, 15) is 19.2 Å². The normalized spacial score (nSPS) is 25.5. The van der Waals surface area contributed by atoms with E-state index in [1.165, 1.54) is 9.30 Å². The Morgan fingerprint density at radius 2 is 2.00 bits per heavy atom. The van der Waals surface area contributed by atoms with E-state index < -0.39 is 29.3 Å². The first-order chi connectivity index (χ1) is 15.5. The van der Waals surface area contributed by atoms with Crippen LogP contribution in [0.2, 0.25) is 0 Å². The highest BCUT2D eigenvalue weighted by molar-refractivity contribution is 6.20. The van der Waals surface area contributed by atoms with E-state index in [0.717, 1.165) is 25.7 Å². The molecular formula is C23H27N5O4. The molecule has 3 aliphatic heterocycles. The van der Waals surface area contributed by atoms with Crippen molar-refractivity contribution >= 4 is 29.3 Å². The summed E-state index contributed by atoms with van der Waals surface area (Å²) >= 11 is 0. The molecule has 4 amide bonds. The Balaban J connectivity index is 1.72. The minimum absolute atomic E-state index is 0.0479. The number of carbonyl (C=O) groups is 3. The first-order valence-corrected chi connectivity index (χ1v) is 11.4. The van der Waals surface area contributed by atoms with Gasteiger partial charge in [-0.15, -0.1) is 0 Å². The van der Waals surface area contributed by atoms with Gasteiger partial charge >= 0.3 is 6.03 Å². The number of hydrogen-bond acceptors (Lipinski definition) is 6. The highest BCUT2D eigenvalue weighted by Gasteiger charge is 2.62. The van der Waals surface area contributed by atoms with Crippen molar-refractivity contribution in [2.75, 3.05) is 18.0 Å². The monoisotopic (exact) mass is 437 g/mol. The second kappa shape index (κ2) is 7.72. The molecule has 9 nitrogen and oxygen atoms in total. The molecule has 2 saturated heterocycles. The van der Waals surface area contributed by atoms with Crippen LogP contribution < -0.4 is 15.8 Å². The molecule has 5 rings (SSSR count). The molecule has 32 heavy (non-hydrogen) atoms. The molecule has 0 unspecified atom stereocenters. The second-order valence-electron chi connectivity index (χ2n) is 8.92. The maximum absolute atomic E-state index is 13.9. The van der Waals surface area contributed by atoms with Crippen LogP contribution in [0.3, 0.4) is 0 Å². The number of hydrogen-bond donors (Lipinski definition) is 1. The van der Waals surface area contributed by atoms with Crippen LogP contribution in [0.4, 0.5) is 10.6 Å². The number of pyridine rings is 1. The Morgan fingerprint density at radius 3 is 2.81 bits per heavy atom. The van der Waals surface area contributed by atoms with Gasteiger partial charge in [-0.3, -0.25) is 29.0 Å². The molecule has 0 saturated carbocycles. The number of fused-ring (bicyclic) bond motifs is 5. The van der Waals surface area contributed by atoms with Gasteiger partial charge in [0.25, 0.3) is 5.56 Å². The summed E-state index contributed by atoms with van der Waals surface area (Å²) in [6.07, 6.45) is 6.42. The summed E-state index contributed by atoms with van der Waals surface area (Å²) in [4.78, 5) is 61.2. The van der Waals surface area contributed by atoms with Crippen LogP contribution in [0, 0.1) is 5.41 Å². The largest absolute Gasteiger partial charge is 0.352 e. The smallest absolute Gasteiger partial charge is 0.330 e. The van der Waals surface area contributed by atoms with Crippen molar-refractivity contribution < 1.29 is 14.4 Å². The van der Waals surface area contributed by atoms with Crippen LogP contribution in [0.1, 0.15) is 51.0 Å². The summed E-state index contributed by atoms with van der Waals surface area (Å²) in [7, 11) is 0. The fourth-order valence-corrected chi connectivity index (χ4v) is 5.45. The number of nitrogens with one attached hydrogen (secondary N) is 1. The van der Waals surface area contributed by atoms with Gasteiger partial charge in [-0.05, 0) is 31.4 Å². The average Bonchev–Trinajstić information content (AvgIpc) is 3.05. The Kier molecular flexibility index (Phi) is 4.98. The van der Waals surface area contributed by atoms with Crippen molar-refractivity contribution in [1.29, 1.82) is 0 Å². The van der Waals surface area contributed by atoms with E-state index in [1.807, 2.05) is 17.9 Å². The first kappa shape index (κ1) is 20.7. The Labute approximate surface area is 185 Å². The zero-order valence-electron chi connectivity index (χ0n) is 18.2. The molecular weight excluding hydrogens is 410 g/mol. The number of unbranched alkanes of at least 4 members (excludes halogenated alkanes) is 1. The van der Waals surface area contributed by atoms with Gasteiger partial charge in [0.1, 0.15) is 11.5 Å². The van der Waals surface area contributed by atoms with Gasteiger partial charge in [0.05, 0.1) is 11.6 Å². The van der Waals surface area contributed by atoms with E-state index in [4.69, 9.17) is 4.98 Å². The standard InChI is InChI=1S/C23H27N5O4/c1-2-3-11-28-21(31)23(20(30)25-22(28)32)14-15-18(26-12-7-4-5-9-16(23)26)24-17-10-6-8-13-27(17)19(15)29/h6,8,10,13,16H,2-5,7,9,11-12,14H2,1H3,(H,25,30,32)/t16-,23+/m0/s1. The molecule has 9 heteroatoms. The lowest BCUT2D eigenvalue weighted by atomic mass is 9.68. The van der Waals surface area contributed by atoms with Crippen LogP contribution >= 0.6 is 0 Å². The summed E-state index contributed by atoms with van der Waals surface area (Å²) < 4.78 is 1.45. The number of carbonyl (C=O) groups excluding carboxylic acids is 3. The topological polar surface area (TPSA) is 104 Å². The lowest BCUT2D eigenvalue weighted by Gasteiger charge is -2.50. The van der Waals surface area contributed by atoms with Crippen LogP contribution in [0.25, 0.3) is 5.65 Å². The molecule has 0 aromatic carbocycles. The molecule has 0 radical (unpaired) electrons. The SMILES string of the molecule is CCCCN1C(=O)NC(=O)[C@]2(Cc3c(nc4ccccn4c3=O)N3CCCCC[C@H]32)C1=O. The van der Waals surface area contributed by atoms with Crippen molar-refractivity contribution in [3.63, 3.8) is 0 Å². The lowest BCUT2D eigenvalue weighted by Crippen LogP contribution is -2.72. The predicted molar refractivity (Wildman–Crippen MR) is 117 cm³/mol. The Morgan fingerprint density at radius 1 is 1.16 bits per heavy atom. The minimum Gasteiger partial charge on any atom is -0.352 e. The Bertz CT molecular complexity index is 1170. The van der Waals surface area contributed by atoms with Crippen molar-refractivity contribution in [2.24, 2.45) is 5.41 Å². The van der Waals surface area contributed by atoms with Crippen LogP contribution in [-0.2, 0) is 16.0 Å². The van der Waals surface area contributed by atoms with Crippen molar-refractivity contribution in [3.05, 3.63) is 40.3 Å². The van der Waals surface area contributed by atoms with E-state index >= 15 is 0 Å². The minimum atomic E-state index is -1.51. The third-order valence-corrected chi connectivity index (χ3v) is 7.09. The van der Waals surface area contributed by atoms with E-state index in [2.05, 4.69) is 5.32 Å². The van der Waals surface area contributed by atoms with Gasteiger partial charge < -0.3 is 4.90 Å². The van der Waals surface area contributed by atoms with Crippen molar-refractivity contribution in [3.8, 4) is 0 Å². The first-order valence-electron chi connectivity index (χ1n) is 11.4. The van der Waals surface area contributed by atoms with E-state index in [0.29, 0.717) is 36.4 Å². The van der Waals surface area contributed by atoms with Crippen molar-refractivity contribution in [2.45, 2.75) is 57.9 Å². The van der Waals surface area contributed by atoms with E-state index in [-0.39, 0.29) is 18.5 Å². The molecule has 0 bridgehead atoms. The molecule has 0 aliphatic carbocycles. The average molecular weight is 438 g/mol. The molecule has 3 aliphatic rings. The molecule has 1 spiro atoms. The second-order valence-corrected chi connectivity index (χ2v) is 8.92. The van der Waals surface area contributed by atoms with Gasteiger partial charge in [0.15, 0.2) is 5.41 Å². The maximum Gasteiger partial charge on any atom is 0.330 e. The molecule has 168 valence electrons. The zero-order chi connectivity index (χ0) is 22.5. The number of aromatic nitrogens is 2. The molecule has 2 aromatic rings. The van der Waals surface area contributed by atoms with Crippen LogP contribution in [-0.4, -0.2) is 51.3 Å². The molecule has 5 heterocycles. The fourth-order valence-electron chi connectivity index (χ4n) is 5.45. The fraction of sp³-hybridized carbons (Fsp3) is 0.522. The summed E-state index contributed by atoms with van der Waals surface area (Å²) in [5, 5.41) is 2.44. The summed E-state index contributed by atoms with van der Waals surface area (Å²) in [5.74, 6) is -0.517. The third-order valence-electron chi connectivity index (χ3n) is 7.09. The highest BCUT2D eigenvalue weighted by Crippen LogP contribution is 2.45. The van der Waals surface area contributed by atoms with Crippen molar-refractivity contribution in [1.82, 2.24) is 19.6 Å². The van der Waals surface area contributed by atoms with Gasteiger partial charge in [0.2, 0.25) is 11.8 Å². The number of imide groups is 2. The lowest BCUT2D eigenvalue weighted by molar-refractivity contribution is -0.153. The predicted octanol–water partition coefficient (Wildman–Crippen LogP) is 1.86. The summed E-state index contributed by atoms with van der Waals surface area (Å²) in [6.45, 7) is 2.85. The van der Waals surface area contributed by atoms with Crippen LogP contribution in [0.15, 0.2) is 29.2 Å². The molecule has 2 atom stereocenters. The quantitative estimate of drug-likeness (QED) is 0.735. The van der Waals surface area contributed by atoms with Gasteiger partial charge in [0, 0.05) is 25.7 Å². The third kappa shape index (κ3) is 2.87. The summed E-state index contributed by atoms with van der Waals surface area (Å²) in [5.41, 5.74) is -0.886. The van der Waals surface area contributed by atoms with Gasteiger partial charge in [-0.1, -0.05) is 32.3 Å². The molecule has 2 fully saturated rings. The number of rotatable bonds is 3. The van der Waals surface area contributed by atoms with Gasteiger partial charge in [-0.25, -0.2) is 9.78 Å². The highest BCUT2D eigenvalue weighted by atomic mass is 16.2. The van der Waals surface area contributed by atoms with E-state index in [1.54, 1.807) is 18.3 Å². The van der Waals surface area contributed by atoms with Crippen LogP contribution in [0.5, 0.6) is 0 Å². The molecule has 1 N–H and O–H groups in total. The molecule has 2 aromatic heterocycles. The zero-order valence-corrected chi connectivity index (χ0v) is 18.2. The number of amides is 4. The number of barbiturate groups is 1. The maximum atomic E-state index is 13.9. The van der Waals surface area contributed by atoms with Gasteiger partial charge in [-0.2, -0.15) is 0 Å². The Hall–Kier alpha value is -3.23. The number of anilines is 1. The summed E-state index contributed by atoms with van der Waals surface area (Å²) in [6, 6.07) is 4.24. The number of nitrogens with zero attached hydrogens (tertiary/aromatic N) is 4. The number of urea groups is 1.